The summed E-state index contributed by atoms with van der Waals surface area (Å²) >= 11 is 0. The van der Waals surface area contributed by atoms with Crippen LogP contribution in [0.4, 0.5) is 0 Å². The van der Waals surface area contributed by atoms with E-state index >= 15 is 0 Å². The van der Waals surface area contributed by atoms with E-state index in [0.717, 1.165) is 38.7 Å². The van der Waals surface area contributed by atoms with Crippen molar-refractivity contribution in [1.82, 2.24) is 20.4 Å². The molecule has 0 aromatic heterocycles. The maximum atomic E-state index is 4.34. The second kappa shape index (κ2) is 13.3. The zero-order chi connectivity index (χ0) is 17.9. The molecule has 0 aliphatic carbocycles. The number of halogens is 1. The van der Waals surface area contributed by atoms with Gasteiger partial charge in [-0.25, -0.2) is 0 Å². The van der Waals surface area contributed by atoms with Gasteiger partial charge in [0.2, 0.25) is 0 Å². The maximum absolute atomic E-state index is 4.34. The lowest BCUT2D eigenvalue weighted by Gasteiger charge is -2.26. The van der Waals surface area contributed by atoms with E-state index in [2.05, 4.69) is 63.7 Å². The Morgan fingerprint density at radius 2 is 1.88 bits per heavy atom. The fraction of sp³-hybridized carbons (Fsp3) is 0.650. The number of hydrogen-bond acceptors (Lipinski definition) is 3. The molecule has 0 saturated carbocycles. The lowest BCUT2D eigenvalue weighted by atomic mass is 10.1. The number of rotatable bonds is 8. The standard InChI is InChI=1S/C20H35N5.HI/c1-4-24(3)17-19-10-8-9-18(15-19)16-23-20(21-2)22-11-14-25-12-6-5-7-13-25;/h8-10,15H,4-7,11-14,16-17H2,1-3H3,(H2,21,22,23);1H. The molecule has 0 spiro atoms. The van der Waals surface area contributed by atoms with Crippen LogP contribution in [0.3, 0.4) is 0 Å². The highest BCUT2D eigenvalue weighted by Gasteiger charge is 2.09. The van der Waals surface area contributed by atoms with E-state index in [1.54, 1.807) is 0 Å². The summed E-state index contributed by atoms with van der Waals surface area (Å²) in [6.45, 7) is 9.57. The molecule has 1 saturated heterocycles. The smallest absolute Gasteiger partial charge is 0.191 e. The largest absolute Gasteiger partial charge is 0.355 e. The minimum absolute atomic E-state index is 0. The lowest BCUT2D eigenvalue weighted by molar-refractivity contribution is 0.232. The van der Waals surface area contributed by atoms with Crippen LogP contribution < -0.4 is 10.6 Å². The van der Waals surface area contributed by atoms with Crippen LogP contribution in [0, 0.1) is 0 Å². The van der Waals surface area contributed by atoms with Gasteiger partial charge in [0.25, 0.3) is 0 Å². The van der Waals surface area contributed by atoms with Crippen LogP contribution in [0.25, 0.3) is 0 Å². The van der Waals surface area contributed by atoms with Gasteiger partial charge in [0.05, 0.1) is 0 Å². The number of nitrogens with zero attached hydrogens (tertiary/aromatic N) is 3. The van der Waals surface area contributed by atoms with Crippen LogP contribution in [0.5, 0.6) is 0 Å². The van der Waals surface area contributed by atoms with Crippen LogP contribution >= 0.6 is 24.0 Å². The predicted molar refractivity (Wildman–Crippen MR) is 122 cm³/mol. The maximum Gasteiger partial charge on any atom is 0.191 e. The Balaban J connectivity index is 0.00000338. The molecule has 1 aliphatic rings. The molecule has 5 nitrogen and oxygen atoms in total. The Morgan fingerprint density at radius 1 is 1.15 bits per heavy atom. The summed E-state index contributed by atoms with van der Waals surface area (Å²) in [5, 5.41) is 6.86. The second-order valence-corrected chi connectivity index (χ2v) is 6.91. The quantitative estimate of drug-likeness (QED) is 0.346. The summed E-state index contributed by atoms with van der Waals surface area (Å²) in [5.74, 6) is 0.882. The van der Waals surface area contributed by atoms with Crippen molar-refractivity contribution >= 4 is 29.9 Å². The fourth-order valence-electron chi connectivity index (χ4n) is 3.18. The Morgan fingerprint density at radius 3 is 2.58 bits per heavy atom. The van der Waals surface area contributed by atoms with Gasteiger partial charge in [-0.05, 0) is 50.7 Å². The third kappa shape index (κ3) is 8.68. The number of piperidine rings is 1. The first-order valence-corrected chi connectivity index (χ1v) is 9.64. The van der Waals surface area contributed by atoms with Crippen molar-refractivity contribution in [2.75, 3.05) is 46.8 Å². The summed E-state index contributed by atoms with van der Waals surface area (Å²) in [6.07, 6.45) is 4.08. The third-order valence-electron chi connectivity index (χ3n) is 4.84. The topological polar surface area (TPSA) is 42.9 Å². The van der Waals surface area contributed by atoms with Gasteiger partial charge in [-0.15, -0.1) is 24.0 Å². The highest BCUT2D eigenvalue weighted by Crippen LogP contribution is 2.08. The molecule has 2 N–H and O–H groups in total. The Bertz CT molecular complexity index is 529. The van der Waals surface area contributed by atoms with Crippen molar-refractivity contribution in [3.8, 4) is 0 Å². The number of likely N-dealkylation sites (tertiary alicyclic amines) is 1. The van der Waals surface area contributed by atoms with Crippen molar-refractivity contribution < 1.29 is 0 Å². The van der Waals surface area contributed by atoms with Gasteiger partial charge in [0, 0.05) is 33.2 Å². The first-order chi connectivity index (χ1) is 12.2. The van der Waals surface area contributed by atoms with E-state index in [0.29, 0.717) is 0 Å². The molecule has 6 heteroatoms. The first kappa shape index (κ1) is 23.2. The highest BCUT2D eigenvalue weighted by molar-refractivity contribution is 14.0. The van der Waals surface area contributed by atoms with Gasteiger partial charge in [-0.2, -0.15) is 0 Å². The van der Waals surface area contributed by atoms with E-state index in [-0.39, 0.29) is 24.0 Å². The molecular weight excluding hydrogens is 437 g/mol. The summed E-state index contributed by atoms with van der Waals surface area (Å²) in [5.41, 5.74) is 2.65. The monoisotopic (exact) mass is 473 g/mol. The molecular formula is C20H36IN5. The Kier molecular flexibility index (Phi) is 11.9. The molecule has 148 valence electrons. The van der Waals surface area contributed by atoms with Gasteiger partial charge in [0.15, 0.2) is 5.96 Å². The van der Waals surface area contributed by atoms with Crippen molar-refractivity contribution in [3.63, 3.8) is 0 Å². The summed E-state index contributed by atoms with van der Waals surface area (Å²) in [7, 11) is 3.99. The Labute approximate surface area is 176 Å². The van der Waals surface area contributed by atoms with Crippen molar-refractivity contribution in [2.45, 2.75) is 39.3 Å². The van der Waals surface area contributed by atoms with Crippen molar-refractivity contribution in [3.05, 3.63) is 35.4 Å². The number of nitrogens with one attached hydrogen (secondary N) is 2. The van der Waals surface area contributed by atoms with E-state index in [1.165, 1.54) is 43.5 Å². The molecule has 2 rings (SSSR count). The SMILES string of the molecule is CCN(C)Cc1cccc(CNC(=NC)NCCN2CCCCC2)c1.I. The van der Waals surface area contributed by atoms with Crippen LogP contribution in [0.1, 0.15) is 37.3 Å². The van der Waals surface area contributed by atoms with Crippen molar-refractivity contribution in [2.24, 2.45) is 4.99 Å². The summed E-state index contributed by atoms with van der Waals surface area (Å²) in [4.78, 5) is 9.19. The Hall–Kier alpha value is -0.860. The van der Waals surface area contributed by atoms with Gasteiger partial charge in [0.1, 0.15) is 0 Å². The minimum atomic E-state index is 0. The van der Waals surface area contributed by atoms with Crippen LogP contribution in [-0.4, -0.2) is 62.6 Å². The van der Waals surface area contributed by atoms with E-state index in [1.807, 2.05) is 7.05 Å². The molecule has 1 heterocycles. The van der Waals surface area contributed by atoms with Crippen LogP contribution in [0.15, 0.2) is 29.3 Å². The molecule has 1 fully saturated rings. The number of aliphatic imine (C=N–C) groups is 1. The average Bonchev–Trinajstić information content (AvgIpc) is 2.65. The molecule has 0 bridgehead atoms. The van der Waals surface area contributed by atoms with Gasteiger partial charge in [-0.1, -0.05) is 37.6 Å². The van der Waals surface area contributed by atoms with Crippen LogP contribution in [0.2, 0.25) is 0 Å². The molecule has 1 aromatic rings. The first-order valence-electron chi connectivity index (χ1n) is 9.64. The summed E-state index contributed by atoms with van der Waals surface area (Å²) < 4.78 is 0. The second-order valence-electron chi connectivity index (χ2n) is 6.91. The molecule has 26 heavy (non-hydrogen) atoms. The van der Waals surface area contributed by atoms with Gasteiger partial charge < -0.3 is 20.4 Å². The minimum Gasteiger partial charge on any atom is -0.355 e. The average molecular weight is 473 g/mol. The molecule has 0 atom stereocenters. The van der Waals surface area contributed by atoms with Crippen molar-refractivity contribution in [1.29, 1.82) is 0 Å². The molecule has 1 aromatic carbocycles. The number of benzene rings is 1. The molecule has 1 aliphatic heterocycles. The van der Waals surface area contributed by atoms with Gasteiger partial charge >= 0.3 is 0 Å². The highest BCUT2D eigenvalue weighted by atomic mass is 127. The third-order valence-corrected chi connectivity index (χ3v) is 4.84. The number of guanidine groups is 1. The zero-order valence-corrected chi connectivity index (χ0v) is 19.0. The van der Waals surface area contributed by atoms with E-state index in [4.69, 9.17) is 0 Å². The lowest BCUT2D eigenvalue weighted by Crippen LogP contribution is -2.42. The van der Waals surface area contributed by atoms with Gasteiger partial charge in [-0.3, -0.25) is 4.99 Å². The van der Waals surface area contributed by atoms with Crippen LogP contribution in [-0.2, 0) is 13.1 Å². The molecule has 0 amide bonds. The molecule has 0 radical (unpaired) electrons. The number of hydrogen-bond donors (Lipinski definition) is 2. The molecule has 0 unspecified atom stereocenters. The zero-order valence-electron chi connectivity index (χ0n) is 16.6. The normalized spacial score (nSPS) is 15.6. The van der Waals surface area contributed by atoms with E-state index in [9.17, 15) is 0 Å². The summed E-state index contributed by atoms with van der Waals surface area (Å²) in [6, 6.07) is 8.79. The fourth-order valence-corrected chi connectivity index (χ4v) is 3.18. The predicted octanol–water partition coefficient (Wildman–Crippen LogP) is 2.91. The van der Waals surface area contributed by atoms with E-state index < -0.39 is 0 Å².